The Morgan fingerprint density at radius 1 is 1.29 bits per heavy atom. The summed E-state index contributed by atoms with van der Waals surface area (Å²) in [6.07, 6.45) is 1.04. The Hall–Kier alpha value is -2.28. The van der Waals surface area contributed by atoms with Gasteiger partial charge in [0, 0.05) is 50.2 Å². The summed E-state index contributed by atoms with van der Waals surface area (Å²) >= 11 is 0. The standard InChI is InChI=1S/C21H33N5O2/c1-20(2,18(22)27)26-12-10-25(11-13-26)19(23-4)24-17-14-21(17,3)15-8-6-7-9-16(15)28-5/h6-9,17H,10-14H2,1-5H3,(H2,22,27)(H,23,24). The first-order valence-electron chi connectivity index (χ1n) is 9.90. The van der Waals surface area contributed by atoms with Crippen LogP contribution in [0.5, 0.6) is 5.75 Å². The summed E-state index contributed by atoms with van der Waals surface area (Å²) in [5.41, 5.74) is 6.22. The van der Waals surface area contributed by atoms with E-state index < -0.39 is 5.54 Å². The highest BCUT2D eigenvalue weighted by atomic mass is 16.5. The van der Waals surface area contributed by atoms with Gasteiger partial charge in [0.05, 0.1) is 12.6 Å². The number of para-hydroxylation sites is 1. The largest absolute Gasteiger partial charge is 0.496 e. The molecule has 0 aromatic heterocycles. The highest BCUT2D eigenvalue weighted by Crippen LogP contribution is 2.51. The fraction of sp³-hybridized carbons (Fsp3) is 0.619. The van der Waals surface area contributed by atoms with Gasteiger partial charge in [-0.15, -0.1) is 0 Å². The summed E-state index contributed by atoms with van der Waals surface area (Å²) in [5.74, 6) is 1.57. The van der Waals surface area contributed by atoms with Gasteiger partial charge in [-0.2, -0.15) is 0 Å². The lowest BCUT2D eigenvalue weighted by atomic mass is 9.96. The molecule has 1 saturated heterocycles. The number of ether oxygens (including phenoxy) is 1. The topological polar surface area (TPSA) is 83.2 Å². The van der Waals surface area contributed by atoms with Gasteiger partial charge < -0.3 is 20.7 Å². The van der Waals surface area contributed by atoms with Crippen LogP contribution in [0.1, 0.15) is 32.8 Å². The number of hydrogen-bond acceptors (Lipinski definition) is 4. The second-order valence-electron chi connectivity index (χ2n) is 8.46. The number of carbonyl (C=O) groups is 1. The van der Waals surface area contributed by atoms with Crippen LogP contribution in [0.15, 0.2) is 29.3 Å². The fourth-order valence-electron chi connectivity index (χ4n) is 4.08. The molecule has 1 aromatic rings. The molecule has 0 radical (unpaired) electrons. The third kappa shape index (κ3) is 3.68. The van der Waals surface area contributed by atoms with E-state index in [4.69, 9.17) is 10.5 Å². The maximum Gasteiger partial charge on any atom is 0.237 e. The van der Waals surface area contributed by atoms with E-state index >= 15 is 0 Å². The van der Waals surface area contributed by atoms with E-state index in [1.165, 1.54) is 5.56 Å². The molecular formula is C21H33N5O2. The minimum atomic E-state index is -0.623. The Kier molecular flexibility index (Phi) is 5.57. The van der Waals surface area contributed by atoms with Crippen LogP contribution in [0.3, 0.4) is 0 Å². The van der Waals surface area contributed by atoms with Crippen molar-refractivity contribution in [3.63, 3.8) is 0 Å². The summed E-state index contributed by atoms with van der Waals surface area (Å²) < 4.78 is 5.56. The lowest BCUT2D eigenvalue weighted by molar-refractivity contribution is -0.129. The normalized spacial score (nSPS) is 26.1. The van der Waals surface area contributed by atoms with Crippen LogP contribution < -0.4 is 15.8 Å². The highest BCUT2D eigenvalue weighted by Gasteiger charge is 2.53. The molecule has 1 amide bonds. The first kappa shape index (κ1) is 20.5. The quantitative estimate of drug-likeness (QED) is 0.586. The first-order valence-corrected chi connectivity index (χ1v) is 9.90. The van der Waals surface area contributed by atoms with Gasteiger partial charge in [0.1, 0.15) is 5.75 Å². The van der Waals surface area contributed by atoms with Crippen LogP contribution in [-0.4, -0.2) is 73.6 Å². The van der Waals surface area contributed by atoms with Crippen LogP contribution >= 0.6 is 0 Å². The fourth-order valence-corrected chi connectivity index (χ4v) is 4.08. The smallest absolute Gasteiger partial charge is 0.237 e. The zero-order valence-corrected chi connectivity index (χ0v) is 17.7. The zero-order valence-electron chi connectivity index (χ0n) is 17.7. The SMILES string of the molecule is CN=C(NC1CC1(C)c1ccccc1OC)N1CCN(C(C)(C)C(N)=O)CC1. The van der Waals surface area contributed by atoms with Gasteiger partial charge in [0.2, 0.25) is 5.91 Å². The third-order valence-corrected chi connectivity index (χ3v) is 6.45. The molecule has 2 fully saturated rings. The van der Waals surface area contributed by atoms with E-state index in [1.807, 2.05) is 33.0 Å². The van der Waals surface area contributed by atoms with Crippen LogP contribution in [0.2, 0.25) is 0 Å². The number of nitrogens with two attached hydrogens (primary N) is 1. The summed E-state index contributed by atoms with van der Waals surface area (Å²) in [7, 11) is 3.55. The van der Waals surface area contributed by atoms with E-state index in [0.29, 0.717) is 6.04 Å². The number of rotatable bonds is 5. The van der Waals surface area contributed by atoms with Gasteiger partial charge in [-0.25, -0.2) is 0 Å². The molecule has 1 saturated carbocycles. The lowest BCUT2D eigenvalue weighted by Gasteiger charge is -2.43. The molecule has 7 nitrogen and oxygen atoms in total. The molecule has 7 heteroatoms. The molecular weight excluding hydrogens is 354 g/mol. The number of hydrogen-bond donors (Lipinski definition) is 2. The third-order valence-electron chi connectivity index (χ3n) is 6.45. The number of benzene rings is 1. The second kappa shape index (κ2) is 7.62. The number of nitrogens with zero attached hydrogens (tertiary/aromatic N) is 3. The van der Waals surface area contributed by atoms with Gasteiger partial charge in [-0.3, -0.25) is 14.7 Å². The van der Waals surface area contributed by atoms with Crippen LogP contribution in [0.4, 0.5) is 0 Å². The summed E-state index contributed by atoms with van der Waals surface area (Å²) in [5, 5.41) is 3.64. The average molecular weight is 388 g/mol. The molecule has 1 heterocycles. The van der Waals surface area contributed by atoms with Gasteiger partial charge in [0.25, 0.3) is 0 Å². The number of aliphatic imine (C=N–C) groups is 1. The maximum atomic E-state index is 11.7. The van der Waals surface area contributed by atoms with Crippen molar-refractivity contribution in [3.05, 3.63) is 29.8 Å². The number of primary amides is 1. The Labute approximate surface area is 167 Å². The number of carbonyl (C=O) groups excluding carboxylic acids is 1. The summed E-state index contributed by atoms with van der Waals surface area (Å²) in [6, 6.07) is 8.55. The van der Waals surface area contributed by atoms with Crippen molar-refractivity contribution in [2.45, 2.75) is 44.2 Å². The number of methoxy groups -OCH3 is 1. The van der Waals surface area contributed by atoms with Crippen molar-refractivity contribution in [1.29, 1.82) is 0 Å². The molecule has 0 spiro atoms. The Morgan fingerprint density at radius 2 is 1.93 bits per heavy atom. The van der Waals surface area contributed by atoms with Gasteiger partial charge in [0.15, 0.2) is 5.96 Å². The predicted molar refractivity (Wildman–Crippen MR) is 112 cm³/mol. The van der Waals surface area contributed by atoms with E-state index in [9.17, 15) is 4.79 Å². The summed E-state index contributed by atoms with van der Waals surface area (Å²) in [6.45, 7) is 9.24. The van der Waals surface area contributed by atoms with Crippen LogP contribution in [-0.2, 0) is 10.2 Å². The molecule has 2 unspecified atom stereocenters. The van der Waals surface area contributed by atoms with E-state index in [1.54, 1.807) is 7.11 Å². The maximum absolute atomic E-state index is 11.7. The molecule has 1 aliphatic carbocycles. The number of nitrogens with one attached hydrogen (secondary N) is 1. The first-order chi connectivity index (χ1) is 13.2. The second-order valence-corrected chi connectivity index (χ2v) is 8.46. The Bertz CT molecular complexity index is 755. The molecule has 1 aromatic carbocycles. The number of piperazine rings is 1. The summed E-state index contributed by atoms with van der Waals surface area (Å²) in [4.78, 5) is 20.6. The minimum Gasteiger partial charge on any atom is -0.496 e. The molecule has 0 bridgehead atoms. The van der Waals surface area contributed by atoms with Crippen molar-refractivity contribution >= 4 is 11.9 Å². The van der Waals surface area contributed by atoms with E-state index in [-0.39, 0.29) is 11.3 Å². The van der Waals surface area contributed by atoms with Crippen LogP contribution in [0, 0.1) is 0 Å². The minimum absolute atomic E-state index is 0.0400. The Morgan fingerprint density at radius 3 is 2.50 bits per heavy atom. The van der Waals surface area contributed by atoms with Gasteiger partial charge in [-0.05, 0) is 26.3 Å². The predicted octanol–water partition coefficient (Wildman–Crippen LogP) is 1.18. The zero-order chi connectivity index (χ0) is 20.5. The Balaban J connectivity index is 1.62. The van der Waals surface area contributed by atoms with Crippen molar-refractivity contribution < 1.29 is 9.53 Å². The monoisotopic (exact) mass is 387 g/mol. The van der Waals surface area contributed by atoms with Crippen molar-refractivity contribution in [1.82, 2.24) is 15.1 Å². The number of guanidine groups is 1. The highest BCUT2D eigenvalue weighted by molar-refractivity contribution is 5.84. The van der Waals surface area contributed by atoms with E-state index in [2.05, 4.69) is 39.2 Å². The molecule has 3 N–H and O–H groups in total. The van der Waals surface area contributed by atoms with Crippen LogP contribution in [0.25, 0.3) is 0 Å². The molecule has 2 aliphatic rings. The van der Waals surface area contributed by atoms with Crippen molar-refractivity contribution in [2.75, 3.05) is 40.3 Å². The van der Waals surface area contributed by atoms with Gasteiger partial charge in [-0.1, -0.05) is 25.1 Å². The molecule has 2 atom stereocenters. The molecule has 3 rings (SSSR count). The number of amides is 1. The average Bonchev–Trinajstić information content (AvgIpc) is 3.36. The lowest BCUT2D eigenvalue weighted by Crippen LogP contribution is -2.61. The molecule has 28 heavy (non-hydrogen) atoms. The van der Waals surface area contributed by atoms with Crippen molar-refractivity contribution in [2.24, 2.45) is 10.7 Å². The van der Waals surface area contributed by atoms with Gasteiger partial charge >= 0.3 is 0 Å². The molecule has 154 valence electrons. The van der Waals surface area contributed by atoms with Crippen molar-refractivity contribution in [3.8, 4) is 5.75 Å². The molecule has 1 aliphatic heterocycles. The van der Waals surface area contributed by atoms with E-state index in [0.717, 1.165) is 44.3 Å².